The van der Waals surface area contributed by atoms with Crippen LogP contribution in [0.1, 0.15) is 5.56 Å². The third-order valence-corrected chi connectivity index (χ3v) is 4.92. The van der Waals surface area contributed by atoms with Crippen LogP contribution in [-0.2, 0) is 15.6 Å². The van der Waals surface area contributed by atoms with Gasteiger partial charge in [-0.05, 0) is 35.9 Å². The van der Waals surface area contributed by atoms with Gasteiger partial charge in [0.15, 0.2) is 21.4 Å². The molecule has 0 spiro atoms. The van der Waals surface area contributed by atoms with Crippen molar-refractivity contribution in [1.82, 2.24) is 0 Å². The summed E-state index contributed by atoms with van der Waals surface area (Å²) in [5.74, 6) is -0.888. The molecule has 0 aliphatic heterocycles. The fourth-order valence-electron chi connectivity index (χ4n) is 1.80. The second-order valence-corrected chi connectivity index (χ2v) is 6.81. The van der Waals surface area contributed by atoms with E-state index in [0.29, 0.717) is 11.3 Å². The SMILES string of the molecule is COc1ccc(CS(=O)(=O)c2ccc(N)c(Cl)c2)cc1F. The average molecular weight is 330 g/mol. The first-order valence-electron chi connectivity index (χ1n) is 5.93. The average Bonchev–Trinajstić information content (AvgIpc) is 2.41. The van der Waals surface area contributed by atoms with Gasteiger partial charge in [-0.15, -0.1) is 0 Å². The van der Waals surface area contributed by atoms with Crippen molar-refractivity contribution in [3.05, 3.63) is 52.8 Å². The van der Waals surface area contributed by atoms with Crippen LogP contribution in [0.3, 0.4) is 0 Å². The van der Waals surface area contributed by atoms with Crippen LogP contribution < -0.4 is 10.5 Å². The van der Waals surface area contributed by atoms with Crippen molar-refractivity contribution in [2.24, 2.45) is 0 Å². The number of hydrogen-bond acceptors (Lipinski definition) is 4. The number of methoxy groups -OCH3 is 1. The molecule has 0 aromatic heterocycles. The summed E-state index contributed by atoms with van der Waals surface area (Å²) in [6, 6.07) is 8.09. The van der Waals surface area contributed by atoms with Gasteiger partial charge in [-0.1, -0.05) is 17.7 Å². The van der Waals surface area contributed by atoms with E-state index in [9.17, 15) is 12.8 Å². The van der Waals surface area contributed by atoms with Gasteiger partial charge < -0.3 is 10.5 Å². The normalized spacial score (nSPS) is 11.4. The quantitative estimate of drug-likeness (QED) is 0.875. The topological polar surface area (TPSA) is 69.4 Å². The lowest BCUT2D eigenvalue weighted by atomic mass is 10.2. The molecule has 0 saturated carbocycles. The van der Waals surface area contributed by atoms with Crippen LogP contribution in [0.4, 0.5) is 10.1 Å². The highest BCUT2D eigenvalue weighted by atomic mass is 35.5. The van der Waals surface area contributed by atoms with E-state index in [0.717, 1.165) is 6.07 Å². The van der Waals surface area contributed by atoms with Gasteiger partial charge >= 0.3 is 0 Å². The molecule has 7 heteroatoms. The van der Waals surface area contributed by atoms with Gasteiger partial charge in [-0.2, -0.15) is 0 Å². The second kappa shape index (κ2) is 5.91. The maximum absolute atomic E-state index is 13.6. The molecule has 2 aromatic rings. The molecule has 2 aromatic carbocycles. The Labute approximate surface area is 127 Å². The predicted octanol–water partition coefficient (Wildman–Crippen LogP) is 3.04. The van der Waals surface area contributed by atoms with Gasteiger partial charge in [0, 0.05) is 0 Å². The Balaban J connectivity index is 2.32. The summed E-state index contributed by atoms with van der Waals surface area (Å²) in [6.45, 7) is 0. The van der Waals surface area contributed by atoms with E-state index < -0.39 is 15.7 Å². The zero-order chi connectivity index (χ0) is 15.6. The Morgan fingerprint density at radius 1 is 1.24 bits per heavy atom. The molecule has 0 fully saturated rings. The predicted molar refractivity (Wildman–Crippen MR) is 79.7 cm³/mol. The van der Waals surface area contributed by atoms with E-state index in [1.54, 1.807) is 0 Å². The Morgan fingerprint density at radius 3 is 2.52 bits per heavy atom. The monoisotopic (exact) mass is 329 g/mol. The van der Waals surface area contributed by atoms with Crippen molar-refractivity contribution in [2.75, 3.05) is 12.8 Å². The van der Waals surface area contributed by atoms with Crippen molar-refractivity contribution in [1.29, 1.82) is 0 Å². The summed E-state index contributed by atoms with van der Waals surface area (Å²) in [5.41, 5.74) is 6.16. The van der Waals surface area contributed by atoms with Gasteiger partial charge in [0.05, 0.1) is 28.5 Å². The van der Waals surface area contributed by atoms with E-state index >= 15 is 0 Å². The maximum Gasteiger partial charge on any atom is 0.182 e. The number of nitrogens with two attached hydrogens (primary N) is 1. The molecule has 112 valence electrons. The van der Waals surface area contributed by atoms with Gasteiger partial charge in [0.2, 0.25) is 0 Å². The lowest BCUT2D eigenvalue weighted by molar-refractivity contribution is 0.386. The Hall–Kier alpha value is -1.79. The van der Waals surface area contributed by atoms with Crippen LogP contribution in [0.15, 0.2) is 41.3 Å². The van der Waals surface area contributed by atoms with Crippen molar-refractivity contribution >= 4 is 27.1 Å². The number of halogens is 2. The molecule has 0 saturated heterocycles. The largest absolute Gasteiger partial charge is 0.494 e. The second-order valence-electron chi connectivity index (χ2n) is 4.41. The summed E-state index contributed by atoms with van der Waals surface area (Å²) in [6.07, 6.45) is 0. The van der Waals surface area contributed by atoms with Crippen LogP contribution in [-0.4, -0.2) is 15.5 Å². The molecule has 21 heavy (non-hydrogen) atoms. The first kappa shape index (κ1) is 15.6. The third-order valence-electron chi connectivity index (χ3n) is 2.90. The Morgan fingerprint density at radius 2 is 1.95 bits per heavy atom. The molecular weight excluding hydrogens is 317 g/mol. The first-order valence-corrected chi connectivity index (χ1v) is 7.96. The minimum absolute atomic E-state index is 0.0397. The van der Waals surface area contributed by atoms with Crippen LogP contribution in [0.25, 0.3) is 0 Å². The van der Waals surface area contributed by atoms with E-state index in [2.05, 4.69) is 0 Å². The summed E-state index contributed by atoms with van der Waals surface area (Å²) in [7, 11) is -2.30. The molecule has 0 atom stereocenters. The summed E-state index contributed by atoms with van der Waals surface area (Å²) in [5, 5.41) is 0.164. The molecule has 0 aliphatic rings. The minimum Gasteiger partial charge on any atom is -0.494 e. The van der Waals surface area contributed by atoms with E-state index in [1.807, 2.05) is 0 Å². The van der Waals surface area contributed by atoms with Gasteiger partial charge in [0.25, 0.3) is 0 Å². The van der Waals surface area contributed by atoms with Crippen molar-refractivity contribution in [3.63, 3.8) is 0 Å². The number of sulfone groups is 1. The molecule has 0 heterocycles. The number of nitrogen functional groups attached to an aromatic ring is 1. The molecule has 2 N–H and O–H groups in total. The summed E-state index contributed by atoms with van der Waals surface area (Å²) < 4.78 is 42.9. The van der Waals surface area contributed by atoms with E-state index in [1.165, 1.54) is 37.4 Å². The summed E-state index contributed by atoms with van der Waals surface area (Å²) in [4.78, 5) is 0.0397. The smallest absolute Gasteiger partial charge is 0.182 e. The first-order chi connectivity index (χ1) is 9.83. The number of benzene rings is 2. The van der Waals surface area contributed by atoms with E-state index in [-0.39, 0.29) is 21.4 Å². The molecule has 0 bridgehead atoms. The molecule has 0 aliphatic carbocycles. The van der Waals surface area contributed by atoms with Crippen LogP contribution in [0.2, 0.25) is 5.02 Å². The minimum atomic E-state index is -3.64. The zero-order valence-corrected chi connectivity index (χ0v) is 12.7. The molecule has 2 rings (SSSR count). The van der Waals surface area contributed by atoms with Crippen molar-refractivity contribution in [2.45, 2.75) is 10.6 Å². The molecule has 0 unspecified atom stereocenters. The fourth-order valence-corrected chi connectivity index (χ4v) is 3.41. The number of anilines is 1. The highest BCUT2D eigenvalue weighted by Gasteiger charge is 2.17. The lowest BCUT2D eigenvalue weighted by Gasteiger charge is -2.08. The number of rotatable bonds is 4. The van der Waals surface area contributed by atoms with Gasteiger partial charge in [0.1, 0.15) is 0 Å². The molecular formula is C14H13ClFNO3S. The molecule has 4 nitrogen and oxygen atoms in total. The van der Waals surface area contributed by atoms with Gasteiger partial charge in [-0.3, -0.25) is 0 Å². The highest BCUT2D eigenvalue weighted by Crippen LogP contribution is 2.26. The van der Waals surface area contributed by atoms with Crippen LogP contribution in [0, 0.1) is 5.82 Å². The number of ether oxygens (including phenoxy) is 1. The van der Waals surface area contributed by atoms with E-state index in [4.69, 9.17) is 22.1 Å². The Bertz CT molecular complexity index is 778. The third kappa shape index (κ3) is 3.46. The fraction of sp³-hybridized carbons (Fsp3) is 0.143. The van der Waals surface area contributed by atoms with Crippen LogP contribution >= 0.6 is 11.6 Å². The maximum atomic E-state index is 13.6. The van der Waals surface area contributed by atoms with Crippen molar-refractivity contribution < 1.29 is 17.5 Å². The summed E-state index contributed by atoms with van der Waals surface area (Å²) >= 11 is 5.82. The standard InChI is InChI=1S/C14H13ClFNO3S/c1-20-14-5-2-9(6-12(14)16)8-21(18,19)10-3-4-13(17)11(15)7-10/h2-7H,8,17H2,1H3. The van der Waals surface area contributed by atoms with Gasteiger partial charge in [-0.25, -0.2) is 12.8 Å². The van der Waals surface area contributed by atoms with Crippen LogP contribution in [0.5, 0.6) is 5.75 Å². The molecule has 0 amide bonds. The Kier molecular flexibility index (Phi) is 4.39. The lowest BCUT2D eigenvalue weighted by Crippen LogP contribution is -2.06. The highest BCUT2D eigenvalue weighted by molar-refractivity contribution is 7.90. The zero-order valence-electron chi connectivity index (χ0n) is 11.1. The molecule has 0 radical (unpaired) electrons. The number of hydrogen-bond donors (Lipinski definition) is 1. The van der Waals surface area contributed by atoms with Crippen molar-refractivity contribution in [3.8, 4) is 5.75 Å².